The van der Waals surface area contributed by atoms with E-state index < -0.39 is 0 Å². The van der Waals surface area contributed by atoms with Crippen molar-refractivity contribution in [1.82, 2.24) is 0 Å². The first-order valence-electron chi connectivity index (χ1n) is 9.97. The van der Waals surface area contributed by atoms with Gasteiger partial charge in [-0.25, -0.2) is 0 Å². The molecule has 0 amide bonds. The van der Waals surface area contributed by atoms with Crippen molar-refractivity contribution < 1.29 is 4.74 Å². The molecule has 0 aliphatic carbocycles. The quantitative estimate of drug-likeness (QED) is 0.502. The number of ether oxygens (including phenoxy) is 1. The predicted molar refractivity (Wildman–Crippen MR) is 116 cm³/mol. The molecule has 3 aromatic carbocycles. The minimum atomic E-state index is 0.0515. The molecule has 1 heterocycles. The van der Waals surface area contributed by atoms with Crippen LogP contribution in [0.1, 0.15) is 42.6 Å². The SMILES string of the molecule is Cc1ccc([C@H]2C(OC(C)C)=C[C@H](c3ccccc3)N2c2ccccc2)cc1. The highest BCUT2D eigenvalue weighted by Gasteiger charge is 2.38. The van der Waals surface area contributed by atoms with Crippen molar-refractivity contribution in [3.05, 3.63) is 113 Å². The van der Waals surface area contributed by atoms with E-state index >= 15 is 0 Å². The zero-order chi connectivity index (χ0) is 19.5. The fraction of sp³-hybridized carbons (Fsp3) is 0.231. The van der Waals surface area contributed by atoms with Crippen LogP contribution >= 0.6 is 0 Å². The Morgan fingerprint density at radius 2 is 1.36 bits per heavy atom. The molecular weight excluding hydrogens is 342 g/mol. The number of nitrogens with zero attached hydrogens (tertiary/aromatic N) is 1. The summed E-state index contributed by atoms with van der Waals surface area (Å²) in [4.78, 5) is 2.47. The van der Waals surface area contributed by atoms with Crippen molar-refractivity contribution in [3.63, 3.8) is 0 Å². The second-order valence-electron chi connectivity index (χ2n) is 7.65. The van der Waals surface area contributed by atoms with Gasteiger partial charge in [0.15, 0.2) is 0 Å². The second kappa shape index (κ2) is 7.93. The van der Waals surface area contributed by atoms with Crippen LogP contribution in [0.3, 0.4) is 0 Å². The van der Waals surface area contributed by atoms with Gasteiger partial charge in [0.1, 0.15) is 11.8 Å². The number of para-hydroxylation sites is 1. The maximum atomic E-state index is 6.33. The van der Waals surface area contributed by atoms with Gasteiger partial charge in [0, 0.05) is 5.69 Å². The minimum Gasteiger partial charge on any atom is -0.493 e. The Bertz CT molecular complexity index is 929. The highest BCUT2D eigenvalue weighted by Crippen LogP contribution is 2.46. The van der Waals surface area contributed by atoms with Crippen LogP contribution in [-0.2, 0) is 4.74 Å². The van der Waals surface area contributed by atoms with Gasteiger partial charge in [0.25, 0.3) is 0 Å². The van der Waals surface area contributed by atoms with E-state index in [1.165, 1.54) is 22.4 Å². The fourth-order valence-corrected chi connectivity index (χ4v) is 3.89. The lowest BCUT2D eigenvalue weighted by Gasteiger charge is -2.34. The fourth-order valence-electron chi connectivity index (χ4n) is 3.89. The van der Waals surface area contributed by atoms with Crippen LogP contribution in [0.4, 0.5) is 5.69 Å². The highest BCUT2D eigenvalue weighted by atomic mass is 16.5. The topological polar surface area (TPSA) is 12.5 Å². The van der Waals surface area contributed by atoms with Crippen molar-refractivity contribution >= 4 is 5.69 Å². The van der Waals surface area contributed by atoms with E-state index in [9.17, 15) is 0 Å². The van der Waals surface area contributed by atoms with E-state index in [-0.39, 0.29) is 18.2 Å². The third-order valence-electron chi connectivity index (χ3n) is 5.13. The average molecular weight is 370 g/mol. The summed E-state index contributed by atoms with van der Waals surface area (Å²) in [5, 5.41) is 0. The Kier molecular flexibility index (Phi) is 5.21. The van der Waals surface area contributed by atoms with E-state index in [0.717, 1.165) is 5.76 Å². The van der Waals surface area contributed by atoms with Crippen LogP contribution in [0.5, 0.6) is 0 Å². The number of anilines is 1. The van der Waals surface area contributed by atoms with Gasteiger partial charge >= 0.3 is 0 Å². The van der Waals surface area contributed by atoms with Gasteiger partial charge in [-0.1, -0.05) is 78.4 Å². The molecule has 142 valence electrons. The van der Waals surface area contributed by atoms with Gasteiger partial charge in [-0.15, -0.1) is 0 Å². The summed E-state index contributed by atoms with van der Waals surface area (Å²) in [5.41, 5.74) is 4.98. The number of rotatable bonds is 5. The summed E-state index contributed by atoms with van der Waals surface area (Å²) < 4.78 is 6.33. The zero-order valence-electron chi connectivity index (χ0n) is 16.7. The smallest absolute Gasteiger partial charge is 0.122 e. The van der Waals surface area contributed by atoms with E-state index in [1.807, 2.05) is 0 Å². The molecule has 2 nitrogen and oxygen atoms in total. The first kappa shape index (κ1) is 18.4. The van der Waals surface area contributed by atoms with Crippen LogP contribution < -0.4 is 4.90 Å². The number of hydrogen-bond acceptors (Lipinski definition) is 2. The molecule has 28 heavy (non-hydrogen) atoms. The third kappa shape index (κ3) is 3.68. The molecule has 0 bridgehead atoms. The Hall–Kier alpha value is -3.00. The Morgan fingerprint density at radius 3 is 1.96 bits per heavy atom. The van der Waals surface area contributed by atoms with Crippen molar-refractivity contribution in [2.45, 2.75) is 39.0 Å². The molecule has 0 N–H and O–H groups in total. The maximum absolute atomic E-state index is 6.33. The molecule has 2 atom stereocenters. The van der Waals surface area contributed by atoms with Gasteiger partial charge in [0.05, 0.1) is 12.1 Å². The predicted octanol–water partition coefficient (Wildman–Crippen LogP) is 6.61. The summed E-state index contributed by atoms with van der Waals surface area (Å²) in [6.45, 7) is 6.31. The van der Waals surface area contributed by atoms with Crippen LogP contribution in [0.25, 0.3) is 0 Å². The molecule has 1 aliphatic rings. The molecule has 0 saturated carbocycles. The lowest BCUT2D eigenvalue weighted by molar-refractivity contribution is 0.136. The Labute approximate surface area is 168 Å². The molecule has 1 aliphatic heterocycles. The molecule has 4 rings (SSSR count). The van der Waals surface area contributed by atoms with Gasteiger partial charge in [-0.2, -0.15) is 0 Å². The Morgan fingerprint density at radius 1 is 0.750 bits per heavy atom. The number of aryl methyl sites for hydroxylation is 1. The molecule has 2 heteroatoms. The molecule has 3 aromatic rings. The molecule has 0 fully saturated rings. The standard InChI is InChI=1S/C26H27NO/c1-19(2)28-25-18-24(21-10-6-4-7-11-21)27(23-12-8-5-9-13-23)26(25)22-16-14-20(3)15-17-22/h4-19,24,26H,1-3H3/t24-,26+/m1/s1. The van der Waals surface area contributed by atoms with E-state index in [4.69, 9.17) is 4.74 Å². The van der Waals surface area contributed by atoms with Crippen LogP contribution in [0.15, 0.2) is 96.8 Å². The van der Waals surface area contributed by atoms with Crippen LogP contribution in [0.2, 0.25) is 0 Å². The lowest BCUT2D eigenvalue weighted by atomic mass is 10.0. The summed E-state index contributed by atoms with van der Waals surface area (Å²) in [6.07, 6.45) is 2.42. The maximum Gasteiger partial charge on any atom is 0.122 e. The summed E-state index contributed by atoms with van der Waals surface area (Å²) in [7, 11) is 0. The number of hydrogen-bond donors (Lipinski definition) is 0. The van der Waals surface area contributed by atoms with Gasteiger partial charge < -0.3 is 9.64 Å². The molecule has 0 radical (unpaired) electrons. The molecular formula is C26H27NO. The van der Waals surface area contributed by atoms with Gasteiger partial charge in [-0.05, 0) is 50.1 Å². The molecule has 0 saturated heterocycles. The van der Waals surface area contributed by atoms with Crippen LogP contribution in [-0.4, -0.2) is 6.10 Å². The summed E-state index contributed by atoms with van der Waals surface area (Å²) >= 11 is 0. The van der Waals surface area contributed by atoms with E-state index in [1.54, 1.807) is 0 Å². The van der Waals surface area contributed by atoms with Crippen molar-refractivity contribution in [1.29, 1.82) is 0 Å². The summed E-state index contributed by atoms with van der Waals surface area (Å²) in [5.74, 6) is 1.02. The van der Waals surface area contributed by atoms with E-state index in [0.29, 0.717) is 0 Å². The average Bonchev–Trinajstić information content (AvgIpc) is 3.08. The first-order valence-corrected chi connectivity index (χ1v) is 9.97. The van der Waals surface area contributed by atoms with Crippen molar-refractivity contribution in [2.24, 2.45) is 0 Å². The van der Waals surface area contributed by atoms with Crippen LogP contribution in [0, 0.1) is 6.92 Å². The van der Waals surface area contributed by atoms with Gasteiger partial charge in [-0.3, -0.25) is 0 Å². The monoisotopic (exact) mass is 369 g/mol. The van der Waals surface area contributed by atoms with Crippen molar-refractivity contribution in [2.75, 3.05) is 4.90 Å². The molecule has 0 aromatic heterocycles. The van der Waals surface area contributed by atoms with E-state index in [2.05, 4.69) is 117 Å². The minimum absolute atomic E-state index is 0.0515. The van der Waals surface area contributed by atoms with Gasteiger partial charge in [0.2, 0.25) is 0 Å². The lowest BCUT2D eigenvalue weighted by Crippen LogP contribution is -2.28. The first-order chi connectivity index (χ1) is 13.6. The third-order valence-corrected chi connectivity index (χ3v) is 5.13. The molecule has 0 spiro atoms. The zero-order valence-corrected chi connectivity index (χ0v) is 16.7. The summed E-state index contributed by atoms with van der Waals surface area (Å²) in [6, 6.07) is 30.3. The highest BCUT2D eigenvalue weighted by molar-refractivity contribution is 5.58. The molecule has 0 unspecified atom stereocenters. The Balaban J connectivity index is 1.85. The van der Waals surface area contributed by atoms with Crippen molar-refractivity contribution in [3.8, 4) is 0 Å². The number of benzene rings is 3. The largest absolute Gasteiger partial charge is 0.493 e. The normalized spacial score (nSPS) is 19.0. The second-order valence-corrected chi connectivity index (χ2v) is 7.65.